The molecule has 0 aromatic heterocycles. The number of aliphatic hydroxyl groups is 1. The second-order valence-corrected chi connectivity index (χ2v) is 8.30. The lowest BCUT2D eigenvalue weighted by atomic mass is 9.77. The Kier molecular flexibility index (Phi) is 4.86. The molecule has 0 radical (unpaired) electrons. The quantitative estimate of drug-likeness (QED) is 0.750. The Morgan fingerprint density at radius 2 is 2.04 bits per heavy atom. The van der Waals surface area contributed by atoms with Gasteiger partial charge in [0.1, 0.15) is 5.54 Å². The van der Waals surface area contributed by atoms with E-state index in [1.807, 2.05) is 44.2 Å². The fraction of sp³-hybridized carbons (Fsp3) is 0.650. The normalized spacial score (nSPS) is 29.3. The van der Waals surface area contributed by atoms with Crippen LogP contribution in [0.2, 0.25) is 0 Å². The molecule has 0 heterocycles. The highest BCUT2D eigenvalue weighted by molar-refractivity contribution is 5.88. The first-order chi connectivity index (χ1) is 11.4. The molecule has 1 aromatic carbocycles. The van der Waals surface area contributed by atoms with Crippen molar-refractivity contribution < 1.29 is 9.90 Å². The van der Waals surface area contributed by atoms with Gasteiger partial charge in [-0.1, -0.05) is 18.2 Å². The number of hydrogen-bond donors (Lipinski definition) is 3. The Bertz CT molecular complexity index is 572. The van der Waals surface area contributed by atoms with Crippen LogP contribution in [0.15, 0.2) is 30.3 Å². The molecule has 24 heavy (non-hydrogen) atoms. The van der Waals surface area contributed by atoms with Gasteiger partial charge in [-0.2, -0.15) is 0 Å². The predicted octanol–water partition coefficient (Wildman–Crippen LogP) is 3.32. The van der Waals surface area contributed by atoms with Gasteiger partial charge < -0.3 is 15.7 Å². The predicted molar refractivity (Wildman–Crippen MR) is 96.8 cm³/mol. The summed E-state index contributed by atoms with van der Waals surface area (Å²) in [5, 5.41) is 16.9. The maximum absolute atomic E-state index is 12.5. The van der Waals surface area contributed by atoms with E-state index in [0.717, 1.165) is 31.4 Å². The first-order valence-electron chi connectivity index (χ1n) is 9.20. The van der Waals surface area contributed by atoms with Gasteiger partial charge in [0.2, 0.25) is 5.91 Å². The average molecular weight is 330 g/mol. The first kappa shape index (κ1) is 17.3. The van der Waals surface area contributed by atoms with Gasteiger partial charge in [-0.15, -0.1) is 0 Å². The van der Waals surface area contributed by atoms with Crippen LogP contribution < -0.4 is 10.6 Å². The van der Waals surface area contributed by atoms with Gasteiger partial charge in [0.25, 0.3) is 0 Å². The fourth-order valence-electron chi connectivity index (χ4n) is 4.46. The summed E-state index contributed by atoms with van der Waals surface area (Å²) in [7, 11) is 0. The van der Waals surface area contributed by atoms with Crippen LogP contribution in [0.4, 0.5) is 5.69 Å². The zero-order valence-corrected chi connectivity index (χ0v) is 14.8. The smallest absolute Gasteiger partial charge is 0.245 e. The SMILES string of the molecule is CC(C)(Nc1ccccc1)C(=O)NCCC1C[C@@H]2CC[C@@](O)(C1)C2. The number of nitrogens with one attached hydrogen (secondary N) is 2. The van der Waals surface area contributed by atoms with E-state index in [0.29, 0.717) is 18.4 Å². The third-order valence-corrected chi connectivity index (χ3v) is 5.66. The van der Waals surface area contributed by atoms with E-state index in [4.69, 9.17) is 0 Å². The minimum atomic E-state index is -0.648. The van der Waals surface area contributed by atoms with E-state index < -0.39 is 11.1 Å². The number of amides is 1. The highest BCUT2D eigenvalue weighted by Crippen LogP contribution is 2.48. The summed E-state index contributed by atoms with van der Waals surface area (Å²) >= 11 is 0. The molecular formula is C20H30N2O2. The highest BCUT2D eigenvalue weighted by atomic mass is 16.3. The van der Waals surface area contributed by atoms with Gasteiger partial charge in [-0.05, 0) is 76.3 Å². The van der Waals surface area contributed by atoms with Crippen LogP contribution in [-0.2, 0) is 4.79 Å². The molecule has 3 atom stereocenters. The number of carbonyl (C=O) groups is 1. The molecule has 3 N–H and O–H groups in total. The zero-order chi connectivity index (χ0) is 17.2. The molecule has 2 aliphatic rings. The summed E-state index contributed by atoms with van der Waals surface area (Å²) in [6.45, 7) is 4.49. The zero-order valence-electron chi connectivity index (χ0n) is 14.8. The van der Waals surface area contributed by atoms with E-state index in [-0.39, 0.29) is 5.91 Å². The van der Waals surface area contributed by atoms with Gasteiger partial charge in [-0.25, -0.2) is 0 Å². The number of anilines is 1. The minimum absolute atomic E-state index is 0.0175. The Morgan fingerprint density at radius 1 is 1.29 bits per heavy atom. The third-order valence-electron chi connectivity index (χ3n) is 5.66. The van der Waals surface area contributed by atoms with Crippen LogP contribution in [-0.4, -0.2) is 28.7 Å². The average Bonchev–Trinajstić information content (AvgIpc) is 2.80. The molecule has 0 aliphatic heterocycles. The lowest BCUT2D eigenvalue weighted by Gasteiger charge is -2.34. The maximum Gasteiger partial charge on any atom is 0.245 e. The summed E-state index contributed by atoms with van der Waals surface area (Å²) in [5.41, 5.74) is -0.111. The van der Waals surface area contributed by atoms with Crippen molar-refractivity contribution in [1.29, 1.82) is 0 Å². The van der Waals surface area contributed by atoms with Crippen molar-refractivity contribution in [2.24, 2.45) is 11.8 Å². The Balaban J connectivity index is 1.45. The lowest BCUT2D eigenvalue weighted by molar-refractivity contribution is -0.124. The molecule has 2 saturated carbocycles. The molecule has 1 unspecified atom stereocenters. The van der Waals surface area contributed by atoms with Crippen LogP contribution in [0.25, 0.3) is 0 Å². The molecule has 2 fully saturated rings. The number of fused-ring (bicyclic) bond motifs is 2. The van der Waals surface area contributed by atoms with E-state index >= 15 is 0 Å². The number of para-hydroxylation sites is 1. The Labute approximate surface area is 145 Å². The number of benzene rings is 1. The minimum Gasteiger partial charge on any atom is -0.390 e. The van der Waals surface area contributed by atoms with Crippen molar-refractivity contribution in [2.75, 3.05) is 11.9 Å². The van der Waals surface area contributed by atoms with Crippen LogP contribution >= 0.6 is 0 Å². The Hall–Kier alpha value is -1.55. The van der Waals surface area contributed by atoms with Gasteiger partial charge in [0, 0.05) is 12.2 Å². The van der Waals surface area contributed by atoms with Crippen LogP contribution in [0, 0.1) is 11.8 Å². The fourth-order valence-corrected chi connectivity index (χ4v) is 4.46. The van der Waals surface area contributed by atoms with Crippen molar-refractivity contribution in [2.45, 2.75) is 63.5 Å². The second-order valence-electron chi connectivity index (χ2n) is 8.30. The molecule has 1 amide bonds. The Morgan fingerprint density at radius 3 is 2.75 bits per heavy atom. The van der Waals surface area contributed by atoms with Crippen molar-refractivity contribution in [3.8, 4) is 0 Å². The maximum atomic E-state index is 12.5. The molecule has 132 valence electrons. The summed E-state index contributed by atoms with van der Waals surface area (Å²) < 4.78 is 0. The van der Waals surface area contributed by atoms with Crippen LogP contribution in [0.1, 0.15) is 52.4 Å². The van der Waals surface area contributed by atoms with Gasteiger partial charge in [0.15, 0.2) is 0 Å². The summed E-state index contributed by atoms with van der Waals surface area (Å²) in [6.07, 6.45) is 6.21. The summed E-state index contributed by atoms with van der Waals surface area (Å²) in [6, 6.07) is 9.81. The second kappa shape index (κ2) is 6.75. The lowest BCUT2D eigenvalue weighted by Crippen LogP contribution is -2.48. The van der Waals surface area contributed by atoms with E-state index in [9.17, 15) is 9.90 Å². The molecule has 0 saturated heterocycles. The van der Waals surface area contributed by atoms with Crippen LogP contribution in [0.3, 0.4) is 0 Å². The largest absolute Gasteiger partial charge is 0.390 e. The van der Waals surface area contributed by atoms with Crippen LogP contribution in [0.5, 0.6) is 0 Å². The molecule has 0 spiro atoms. The molecular weight excluding hydrogens is 300 g/mol. The number of rotatable bonds is 6. The van der Waals surface area contributed by atoms with Gasteiger partial charge >= 0.3 is 0 Å². The van der Waals surface area contributed by atoms with E-state index in [1.54, 1.807) is 0 Å². The number of carbonyl (C=O) groups excluding carboxylic acids is 1. The molecule has 2 aliphatic carbocycles. The molecule has 4 heteroatoms. The van der Waals surface area contributed by atoms with Gasteiger partial charge in [-0.3, -0.25) is 4.79 Å². The summed E-state index contributed by atoms with van der Waals surface area (Å²) in [5.74, 6) is 1.26. The van der Waals surface area contributed by atoms with Crippen molar-refractivity contribution in [3.63, 3.8) is 0 Å². The summed E-state index contributed by atoms with van der Waals surface area (Å²) in [4.78, 5) is 12.5. The van der Waals surface area contributed by atoms with Crippen molar-refractivity contribution >= 4 is 11.6 Å². The van der Waals surface area contributed by atoms with E-state index in [2.05, 4.69) is 10.6 Å². The van der Waals surface area contributed by atoms with Gasteiger partial charge in [0.05, 0.1) is 5.60 Å². The molecule has 2 bridgehead atoms. The molecule has 3 rings (SSSR count). The monoisotopic (exact) mass is 330 g/mol. The standard InChI is InChI=1S/C20H30N2O2/c1-19(2,22-17-6-4-3-5-7-17)18(23)21-11-9-16-12-15-8-10-20(24,13-15)14-16/h3-7,15-16,22,24H,8-14H2,1-2H3,(H,21,23)/t15-,16?,20-/m0/s1. The third kappa shape index (κ3) is 4.10. The molecule has 1 aromatic rings. The van der Waals surface area contributed by atoms with E-state index in [1.165, 1.54) is 12.8 Å². The highest BCUT2D eigenvalue weighted by Gasteiger charge is 2.43. The van der Waals surface area contributed by atoms with Crippen molar-refractivity contribution in [1.82, 2.24) is 5.32 Å². The first-order valence-corrected chi connectivity index (χ1v) is 9.20. The van der Waals surface area contributed by atoms with Crippen molar-refractivity contribution in [3.05, 3.63) is 30.3 Å². The molecule has 4 nitrogen and oxygen atoms in total. The number of hydrogen-bond acceptors (Lipinski definition) is 3. The topological polar surface area (TPSA) is 61.4 Å².